The van der Waals surface area contributed by atoms with E-state index < -0.39 is 0 Å². The highest BCUT2D eigenvalue weighted by atomic mass is 35.5. The van der Waals surface area contributed by atoms with Crippen LogP contribution in [0.3, 0.4) is 0 Å². The van der Waals surface area contributed by atoms with Crippen LogP contribution in [0.15, 0.2) is 18.2 Å². The molecule has 2 aromatic rings. The Bertz CT molecular complexity index is 605. The molecule has 3 rings (SSSR count). The molecule has 1 saturated heterocycles. The predicted octanol–water partition coefficient (Wildman–Crippen LogP) is 3.54. The first-order chi connectivity index (χ1) is 10.3. The van der Waals surface area contributed by atoms with Crippen molar-refractivity contribution in [1.82, 2.24) is 14.9 Å². The fraction of sp³-hybridized carbons (Fsp3) is 0.562. The molecule has 1 atom stereocenters. The molecule has 0 spiro atoms. The van der Waals surface area contributed by atoms with E-state index in [0.29, 0.717) is 6.04 Å². The van der Waals surface area contributed by atoms with Crippen molar-refractivity contribution < 1.29 is 4.74 Å². The van der Waals surface area contributed by atoms with Crippen LogP contribution in [0.25, 0.3) is 11.0 Å². The molecule has 0 bridgehead atoms. The fourth-order valence-corrected chi connectivity index (χ4v) is 3.16. The third kappa shape index (κ3) is 3.23. The first-order valence-electron chi connectivity index (χ1n) is 7.76. The van der Waals surface area contributed by atoms with Gasteiger partial charge in [-0.25, -0.2) is 4.98 Å². The molecule has 1 aliphatic rings. The molecule has 1 N–H and O–H groups in total. The molecule has 5 heteroatoms. The van der Waals surface area contributed by atoms with Gasteiger partial charge in [0.2, 0.25) is 0 Å². The van der Waals surface area contributed by atoms with Crippen molar-refractivity contribution in [3.63, 3.8) is 0 Å². The van der Waals surface area contributed by atoms with Crippen LogP contribution in [0.4, 0.5) is 0 Å². The summed E-state index contributed by atoms with van der Waals surface area (Å²) >= 11 is 6.16. The van der Waals surface area contributed by atoms with Crippen LogP contribution in [0.1, 0.15) is 38.1 Å². The average Bonchev–Trinajstić information content (AvgIpc) is 3.11. The molecule has 1 aromatic heterocycles. The number of fused-ring (bicyclic) bond motifs is 1. The van der Waals surface area contributed by atoms with Gasteiger partial charge in [0.25, 0.3) is 0 Å². The van der Waals surface area contributed by atoms with Gasteiger partial charge in [-0.3, -0.25) is 0 Å². The topological polar surface area (TPSA) is 39.1 Å². The summed E-state index contributed by atoms with van der Waals surface area (Å²) in [4.78, 5) is 4.84. The van der Waals surface area contributed by atoms with Crippen molar-refractivity contribution in [3.8, 4) is 0 Å². The molecular weight excluding hydrogens is 286 g/mol. The van der Waals surface area contributed by atoms with Crippen LogP contribution < -0.4 is 5.32 Å². The van der Waals surface area contributed by atoms with Crippen molar-refractivity contribution in [1.29, 1.82) is 0 Å². The Morgan fingerprint density at radius 3 is 3.14 bits per heavy atom. The van der Waals surface area contributed by atoms with Crippen molar-refractivity contribution >= 4 is 22.6 Å². The van der Waals surface area contributed by atoms with E-state index in [1.165, 1.54) is 6.42 Å². The number of aryl methyl sites for hydroxylation is 1. The largest absolute Gasteiger partial charge is 0.382 e. The minimum Gasteiger partial charge on any atom is -0.382 e. The van der Waals surface area contributed by atoms with Gasteiger partial charge in [-0.2, -0.15) is 0 Å². The minimum atomic E-state index is 0.364. The number of benzene rings is 1. The summed E-state index contributed by atoms with van der Waals surface area (Å²) in [6.07, 6.45) is 3.36. The summed E-state index contributed by atoms with van der Waals surface area (Å²) in [7, 11) is 0. The van der Waals surface area contributed by atoms with E-state index in [9.17, 15) is 0 Å². The Morgan fingerprint density at radius 1 is 1.48 bits per heavy atom. The number of nitrogens with one attached hydrogen (secondary N) is 1. The number of hydrogen-bond donors (Lipinski definition) is 1. The van der Waals surface area contributed by atoms with Gasteiger partial charge >= 0.3 is 0 Å². The highest BCUT2D eigenvalue weighted by Crippen LogP contribution is 2.28. The highest BCUT2D eigenvalue weighted by molar-refractivity contribution is 6.31. The van der Waals surface area contributed by atoms with Crippen LogP contribution in [0.2, 0.25) is 5.02 Å². The summed E-state index contributed by atoms with van der Waals surface area (Å²) in [6.45, 7) is 5.58. The molecule has 4 nitrogen and oxygen atoms in total. The third-order valence-electron chi connectivity index (χ3n) is 3.99. The maximum atomic E-state index is 6.16. The van der Waals surface area contributed by atoms with E-state index in [-0.39, 0.29) is 0 Å². The first kappa shape index (κ1) is 14.8. The molecule has 0 saturated carbocycles. The van der Waals surface area contributed by atoms with E-state index >= 15 is 0 Å². The lowest BCUT2D eigenvalue weighted by Crippen LogP contribution is -2.18. The van der Waals surface area contributed by atoms with Crippen LogP contribution in [0.5, 0.6) is 0 Å². The van der Waals surface area contributed by atoms with E-state index in [4.69, 9.17) is 21.3 Å². The number of ether oxygens (including phenoxy) is 1. The maximum absolute atomic E-state index is 6.16. The van der Waals surface area contributed by atoms with Crippen LogP contribution >= 0.6 is 11.6 Å². The molecule has 114 valence electrons. The van der Waals surface area contributed by atoms with Gasteiger partial charge in [-0.15, -0.1) is 0 Å². The average molecular weight is 308 g/mol. The smallest absolute Gasteiger partial charge is 0.127 e. The zero-order valence-electron chi connectivity index (χ0n) is 12.4. The van der Waals surface area contributed by atoms with E-state index in [1.807, 2.05) is 25.1 Å². The van der Waals surface area contributed by atoms with Gasteiger partial charge in [-0.05, 0) is 50.9 Å². The van der Waals surface area contributed by atoms with Gasteiger partial charge < -0.3 is 14.6 Å². The Balaban J connectivity index is 1.91. The lowest BCUT2D eigenvalue weighted by molar-refractivity contribution is 0.141. The Hall–Kier alpha value is -1.10. The second kappa shape index (κ2) is 6.77. The Kier molecular flexibility index (Phi) is 4.78. The molecule has 2 heterocycles. The molecule has 0 radical (unpaired) electrons. The normalized spacial score (nSPS) is 18.7. The summed E-state index contributed by atoms with van der Waals surface area (Å²) in [5.41, 5.74) is 2.15. The lowest BCUT2D eigenvalue weighted by atomic mass is 10.2. The van der Waals surface area contributed by atoms with Gasteiger partial charge in [0.1, 0.15) is 5.82 Å². The first-order valence-corrected chi connectivity index (χ1v) is 8.14. The summed E-state index contributed by atoms with van der Waals surface area (Å²) in [6, 6.07) is 6.30. The van der Waals surface area contributed by atoms with Gasteiger partial charge in [0.05, 0.1) is 17.1 Å². The molecule has 1 aliphatic heterocycles. The SMILES string of the molecule is CCOCCCn1c(C2CCCN2)nc2ccc(Cl)cc21. The Labute approximate surface area is 130 Å². The number of hydrogen-bond acceptors (Lipinski definition) is 3. The monoisotopic (exact) mass is 307 g/mol. The molecule has 1 aromatic carbocycles. The number of nitrogens with zero attached hydrogens (tertiary/aromatic N) is 2. The number of halogens is 1. The molecular formula is C16H22ClN3O. The van der Waals surface area contributed by atoms with Crippen molar-refractivity contribution in [3.05, 3.63) is 29.0 Å². The second-order valence-corrected chi connectivity index (χ2v) is 5.89. The third-order valence-corrected chi connectivity index (χ3v) is 4.22. The fourth-order valence-electron chi connectivity index (χ4n) is 2.99. The highest BCUT2D eigenvalue weighted by Gasteiger charge is 2.23. The number of imidazole rings is 1. The molecule has 21 heavy (non-hydrogen) atoms. The minimum absolute atomic E-state index is 0.364. The van der Waals surface area contributed by atoms with Gasteiger partial charge in [0.15, 0.2) is 0 Å². The van der Waals surface area contributed by atoms with Crippen LogP contribution in [0, 0.1) is 0 Å². The number of rotatable bonds is 6. The van der Waals surface area contributed by atoms with E-state index in [0.717, 1.165) is 61.0 Å². The van der Waals surface area contributed by atoms with E-state index in [1.54, 1.807) is 0 Å². The second-order valence-electron chi connectivity index (χ2n) is 5.45. The summed E-state index contributed by atoms with van der Waals surface area (Å²) in [5.74, 6) is 1.14. The zero-order chi connectivity index (χ0) is 14.7. The standard InChI is InChI=1S/C16H22ClN3O/c1-2-21-10-4-9-20-15-11-12(17)6-7-13(15)19-16(20)14-5-3-8-18-14/h6-7,11,14,18H,2-5,8-10H2,1H3. The molecule has 1 fully saturated rings. The predicted molar refractivity (Wildman–Crippen MR) is 85.8 cm³/mol. The van der Waals surface area contributed by atoms with Gasteiger partial charge in [-0.1, -0.05) is 11.6 Å². The van der Waals surface area contributed by atoms with Crippen molar-refractivity contribution in [2.24, 2.45) is 0 Å². The summed E-state index contributed by atoms with van der Waals surface area (Å²) < 4.78 is 7.77. The number of aromatic nitrogens is 2. The van der Waals surface area contributed by atoms with Crippen molar-refractivity contribution in [2.45, 2.75) is 38.8 Å². The van der Waals surface area contributed by atoms with Gasteiger partial charge in [0, 0.05) is 24.8 Å². The van der Waals surface area contributed by atoms with Crippen LogP contribution in [-0.2, 0) is 11.3 Å². The quantitative estimate of drug-likeness (QED) is 0.830. The molecule has 0 aliphatic carbocycles. The lowest BCUT2D eigenvalue weighted by Gasteiger charge is -2.14. The van der Waals surface area contributed by atoms with Crippen LogP contribution in [-0.4, -0.2) is 29.3 Å². The zero-order valence-corrected chi connectivity index (χ0v) is 13.2. The Morgan fingerprint density at radius 2 is 2.38 bits per heavy atom. The van der Waals surface area contributed by atoms with Crippen molar-refractivity contribution in [2.75, 3.05) is 19.8 Å². The van der Waals surface area contributed by atoms with E-state index in [2.05, 4.69) is 9.88 Å². The molecule has 1 unspecified atom stereocenters. The maximum Gasteiger partial charge on any atom is 0.127 e. The summed E-state index contributed by atoms with van der Waals surface area (Å²) in [5, 5.41) is 4.31. The molecule has 0 amide bonds.